The zero-order chi connectivity index (χ0) is 15.4. The van der Waals surface area contributed by atoms with Gasteiger partial charge in [-0.15, -0.1) is 0 Å². The van der Waals surface area contributed by atoms with E-state index in [2.05, 4.69) is 26.1 Å². The summed E-state index contributed by atoms with van der Waals surface area (Å²) < 4.78 is 0. The largest absolute Gasteiger partial charge is 0.507 e. The summed E-state index contributed by atoms with van der Waals surface area (Å²) >= 11 is 0. The Morgan fingerprint density at radius 2 is 1.76 bits per heavy atom. The number of phenolic OH excluding ortho intramolecular Hbond substituents is 1. The predicted molar refractivity (Wildman–Crippen MR) is 87.5 cm³/mol. The van der Waals surface area contributed by atoms with Crippen LogP contribution in [-0.4, -0.2) is 22.9 Å². The molecule has 114 valence electrons. The Morgan fingerprint density at radius 3 is 2.43 bits per heavy atom. The molecule has 21 heavy (non-hydrogen) atoms. The minimum atomic E-state index is 0.0357. The SMILES string of the molecule is CC(NC(CCO)C(C)C)c1ccc2ccccc2c1O. The van der Waals surface area contributed by atoms with E-state index in [0.29, 0.717) is 11.7 Å². The first kappa shape index (κ1) is 15.8. The van der Waals surface area contributed by atoms with Crippen molar-refractivity contribution >= 4 is 10.8 Å². The molecule has 0 radical (unpaired) electrons. The fraction of sp³-hybridized carbons (Fsp3) is 0.444. The summed E-state index contributed by atoms with van der Waals surface area (Å²) in [5.41, 5.74) is 0.900. The van der Waals surface area contributed by atoms with Crippen LogP contribution in [0, 0.1) is 5.92 Å². The first-order valence-corrected chi connectivity index (χ1v) is 7.62. The number of aliphatic hydroxyl groups excluding tert-OH is 1. The average Bonchev–Trinajstić information content (AvgIpc) is 2.47. The first-order valence-electron chi connectivity index (χ1n) is 7.62. The maximum Gasteiger partial charge on any atom is 0.128 e. The lowest BCUT2D eigenvalue weighted by Gasteiger charge is -2.27. The molecule has 0 heterocycles. The van der Waals surface area contributed by atoms with E-state index in [1.807, 2.05) is 36.4 Å². The van der Waals surface area contributed by atoms with Crippen molar-refractivity contribution in [2.45, 2.75) is 39.3 Å². The van der Waals surface area contributed by atoms with Crippen molar-refractivity contribution in [3.05, 3.63) is 42.0 Å². The van der Waals surface area contributed by atoms with Crippen molar-refractivity contribution in [2.75, 3.05) is 6.61 Å². The number of hydrogen-bond acceptors (Lipinski definition) is 3. The third-order valence-electron chi connectivity index (χ3n) is 4.11. The van der Waals surface area contributed by atoms with Gasteiger partial charge < -0.3 is 15.5 Å². The van der Waals surface area contributed by atoms with Gasteiger partial charge in [-0.2, -0.15) is 0 Å². The minimum Gasteiger partial charge on any atom is -0.507 e. The van der Waals surface area contributed by atoms with Gasteiger partial charge in [-0.25, -0.2) is 0 Å². The molecule has 0 aliphatic heterocycles. The van der Waals surface area contributed by atoms with Gasteiger partial charge in [-0.05, 0) is 24.6 Å². The van der Waals surface area contributed by atoms with E-state index in [9.17, 15) is 10.2 Å². The van der Waals surface area contributed by atoms with E-state index in [-0.39, 0.29) is 18.7 Å². The van der Waals surface area contributed by atoms with Crippen molar-refractivity contribution in [3.63, 3.8) is 0 Å². The number of rotatable bonds is 6. The lowest BCUT2D eigenvalue weighted by molar-refractivity contribution is 0.236. The van der Waals surface area contributed by atoms with Crippen LogP contribution in [0.25, 0.3) is 10.8 Å². The number of benzene rings is 2. The van der Waals surface area contributed by atoms with Gasteiger partial charge in [-0.3, -0.25) is 0 Å². The van der Waals surface area contributed by atoms with Crippen LogP contribution in [-0.2, 0) is 0 Å². The van der Waals surface area contributed by atoms with Crippen LogP contribution in [0.4, 0.5) is 0 Å². The highest BCUT2D eigenvalue weighted by atomic mass is 16.3. The molecule has 2 rings (SSSR count). The maximum absolute atomic E-state index is 10.5. The summed E-state index contributed by atoms with van der Waals surface area (Å²) in [6.45, 7) is 6.50. The maximum atomic E-state index is 10.5. The van der Waals surface area contributed by atoms with Crippen LogP contribution < -0.4 is 5.32 Å². The lowest BCUT2D eigenvalue weighted by atomic mass is 9.97. The molecule has 0 spiro atoms. The fourth-order valence-electron chi connectivity index (χ4n) is 2.78. The molecule has 2 aromatic rings. The molecule has 3 heteroatoms. The van der Waals surface area contributed by atoms with Crippen molar-refractivity contribution in [3.8, 4) is 5.75 Å². The van der Waals surface area contributed by atoms with E-state index < -0.39 is 0 Å². The van der Waals surface area contributed by atoms with E-state index in [1.165, 1.54) is 0 Å². The first-order chi connectivity index (χ1) is 10.0. The van der Waals surface area contributed by atoms with E-state index in [1.54, 1.807) is 0 Å². The van der Waals surface area contributed by atoms with Crippen LogP contribution in [0.2, 0.25) is 0 Å². The van der Waals surface area contributed by atoms with Crippen LogP contribution in [0.5, 0.6) is 5.75 Å². The topological polar surface area (TPSA) is 52.5 Å². The average molecular weight is 287 g/mol. The predicted octanol–water partition coefficient (Wildman–Crippen LogP) is 3.60. The molecular formula is C18H25NO2. The standard InChI is InChI=1S/C18H25NO2/c1-12(2)17(10-11-20)19-13(3)15-9-8-14-6-4-5-7-16(14)18(15)21/h4-9,12-13,17,19-21H,10-11H2,1-3H3. The summed E-state index contributed by atoms with van der Waals surface area (Å²) in [5.74, 6) is 0.779. The molecule has 2 aromatic carbocycles. The fourth-order valence-corrected chi connectivity index (χ4v) is 2.78. The Balaban J connectivity index is 2.26. The number of aliphatic hydroxyl groups is 1. The molecule has 0 saturated carbocycles. The number of hydrogen-bond donors (Lipinski definition) is 3. The van der Waals surface area contributed by atoms with Gasteiger partial charge in [-0.1, -0.05) is 50.2 Å². The minimum absolute atomic E-state index is 0.0357. The molecule has 2 unspecified atom stereocenters. The Kier molecular flexibility index (Phi) is 5.21. The van der Waals surface area contributed by atoms with Gasteiger partial charge in [0.15, 0.2) is 0 Å². The van der Waals surface area contributed by atoms with Gasteiger partial charge in [0.2, 0.25) is 0 Å². The molecule has 0 fully saturated rings. The van der Waals surface area contributed by atoms with Crippen LogP contribution >= 0.6 is 0 Å². The summed E-state index contributed by atoms with van der Waals surface area (Å²) in [5, 5.41) is 25.1. The van der Waals surface area contributed by atoms with E-state index in [4.69, 9.17) is 0 Å². The van der Waals surface area contributed by atoms with Crippen LogP contribution in [0.15, 0.2) is 36.4 Å². The van der Waals surface area contributed by atoms with Gasteiger partial charge in [0.1, 0.15) is 5.75 Å². The normalized spacial score (nSPS) is 14.5. The number of fused-ring (bicyclic) bond motifs is 1. The summed E-state index contributed by atoms with van der Waals surface area (Å²) in [6.07, 6.45) is 0.719. The smallest absolute Gasteiger partial charge is 0.128 e. The Labute approximate surface area is 126 Å². The lowest BCUT2D eigenvalue weighted by Crippen LogP contribution is -2.36. The second-order valence-electron chi connectivity index (χ2n) is 5.98. The van der Waals surface area contributed by atoms with Crippen LogP contribution in [0.1, 0.15) is 38.8 Å². The number of nitrogens with one attached hydrogen (secondary N) is 1. The van der Waals surface area contributed by atoms with Crippen LogP contribution in [0.3, 0.4) is 0 Å². The van der Waals surface area contributed by atoms with Gasteiger partial charge in [0, 0.05) is 29.6 Å². The molecule has 0 amide bonds. The van der Waals surface area contributed by atoms with Crippen molar-refractivity contribution in [1.29, 1.82) is 0 Å². The molecule has 0 aliphatic carbocycles. The monoisotopic (exact) mass is 287 g/mol. The molecule has 0 saturated heterocycles. The Morgan fingerprint density at radius 1 is 1.05 bits per heavy atom. The second kappa shape index (κ2) is 6.92. The van der Waals surface area contributed by atoms with Crippen molar-refractivity contribution in [2.24, 2.45) is 5.92 Å². The second-order valence-corrected chi connectivity index (χ2v) is 5.98. The summed E-state index contributed by atoms with van der Waals surface area (Å²) in [6, 6.07) is 12.1. The number of phenols is 1. The summed E-state index contributed by atoms with van der Waals surface area (Å²) in [4.78, 5) is 0. The Hall–Kier alpha value is -1.58. The zero-order valence-corrected chi connectivity index (χ0v) is 13.0. The van der Waals surface area contributed by atoms with Crippen molar-refractivity contribution in [1.82, 2.24) is 5.32 Å². The third-order valence-corrected chi connectivity index (χ3v) is 4.11. The Bertz CT molecular complexity index is 595. The molecule has 0 bridgehead atoms. The molecule has 2 atom stereocenters. The molecule has 0 aromatic heterocycles. The van der Waals surface area contributed by atoms with Gasteiger partial charge in [0.25, 0.3) is 0 Å². The highest BCUT2D eigenvalue weighted by Gasteiger charge is 2.19. The van der Waals surface area contributed by atoms with E-state index >= 15 is 0 Å². The quantitative estimate of drug-likeness (QED) is 0.761. The molecule has 0 aliphatic rings. The zero-order valence-electron chi connectivity index (χ0n) is 13.0. The van der Waals surface area contributed by atoms with E-state index in [0.717, 1.165) is 22.8 Å². The third kappa shape index (κ3) is 3.55. The van der Waals surface area contributed by atoms with Gasteiger partial charge in [0.05, 0.1) is 0 Å². The summed E-state index contributed by atoms with van der Waals surface area (Å²) in [7, 11) is 0. The molecule has 3 nitrogen and oxygen atoms in total. The van der Waals surface area contributed by atoms with Crippen molar-refractivity contribution < 1.29 is 10.2 Å². The highest BCUT2D eigenvalue weighted by Crippen LogP contribution is 2.32. The molecule has 3 N–H and O–H groups in total. The van der Waals surface area contributed by atoms with Gasteiger partial charge >= 0.3 is 0 Å². The highest BCUT2D eigenvalue weighted by molar-refractivity contribution is 5.89. The number of aromatic hydroxyl groups is 1. The molecular weight excluding hydrogens is 262 g/mol.